The van der Waals surface area contributed by atoms with E-state index >= 15 is 0 Å². The lowest BCUT2D eigenvalue weighted by atomic mass is 9.93. The Morgan fingerprint density at radius 3 is 2.36 bits per heavy atom. The van der Waals surface area contributed by atoms with Gasteiger partial charge in [-0.25, -0.2) is 0 Å². The zero-order valence-corrected chi connectivity index (χ0v) is 7.99. The second-order valence-corrected chi connectivity index (χ2v) is 3.19. The van der Waals surface area contributed by atoms with E-state index in [-0.39, 0.29) is 18.4 Å². The maximum Gasteiger partial charge on any atom is 0.149 e. The molecule has 0 spiro atoms. The zero-order chi connectivity index (χ0) is 7.56. The number of halogens is 1. The van der Waals surface area contributed by atoms with Crippen molar-refractivity contribution in [3.05, 3.63) is 0 Å². The van der Waals surface area contributed by atoms with Crippen molar-refractivity contribution < 1.29 is 4.79 Å². The van der Waals surface area contributed by atoms with Crippen molar-refractivity contribution in [1.29, 1.82) is 0 Å². The van der Waals surface area contributed by atoms with Crippen LogP contribution in [-0.4, -0.2) is 30.8 Å². The van der Waals surface area contributed by atoms with Crippen LogP contribution >= 0.6 is 12.4 Å². The molecule has 0 bridgehead atoms. The van der Waals surface area contributed by atoms with E-state index in [0.29, 0.717) is 5.78 Å². The highest BCUT2D eigenvalue weighted by Gasteiger charge is 2.23. The molecule has 0 amide bonds. The van der Waals surface area contributed by atoms with Gasteiger partial charge in [0.2, 0.25) is 0 Å². The molecular weight excluding hydrogens is 162 g/mol. The first-order valence-corrected chi connectivity index (χ1v) is 3.91. The summed E-state index contributed by atoms with van der Waals surface area (Å²) < 4.78 is 0. The van der Waals surface area contributed by atoms with Crippen LogP contribution in [-0.2, 0) is 4.79 Å². The standard InChI is InChI=1S/C8H15NO.ClH/c1-9(2)7-5-3-4-6-8(7)10;/h7H,3-6H2,1-2H3;1H. The number of carbonyl (C=O) groups excluding carboxylic acids is 1. The summed E-state index contributed by atoms with van der Waals surface area (Å²) in [6, 6.07) is 0.216. The minimum Gasteiger partial charge on any atom is -0.300 e. The number of likely N-dealkylation sites (N-methyl/N-ethyl adjacent to an activating group) is 1. The maximum atomic E-state index is 11.2. The molecule has 1 fully saturated rings. The average Bonchev–Trinajstić information content (AvgIpc) is 1.88. The molecule has 0 aromatic carbocycles. The van der Waals surface area contributed by atoms with Gasteiger partial charge in [0.05, 0.1) is 6.04 Å². The summed E-state index contributed by atoms with van der Waals surface area (Å²) in [5.74, 6) is 0.427. The smallest absolute Gasteiger partial charge is 0.149 e. The van der Waals surface area contributed by atoms with Gasteiger partial charge in [-0.15, -0.1) is 12.4 Å². The van der Waals surface area contributed by atoms with Crippen molar-refractivity contribution in [2.75, 3.05) is 14.1 Å². The predicted octanol–water partition coefficient (Wildman–Crippen LogP) is 1.48. The third kappa shape index (κ3) is 2.80. The summed E-state index contributed by atoms with van der Waals surface area (Å²) in [6.07, 6.45) is 4.17. The van der Waals surface area contributed by atoms with E-state index in [2.05, 4.69) is 0 Å². The van der Waals surface area contributed by atoms with Gasteiger partial charge in [0.15, 0.2) is 0 Å². The Kier molecular flexibility index (Phi) is 4.69. The Balaban J connectivity index is 0.000001000. The van der Waals surface area contributed by atoms with E-state index < -0.39 is 0 Å². The van der Waals surface area contributed by atoms with E-state index in [9.17, 15) is 4.79 Å². The molecule has 66 valence electrons. The Labute approximate surface area is 74.4 Å². The third-order valence-electron chi connectivity index (χ3n) is 2.15. The average molecular weight is 178 g/mol. The van der Waals surface area contributed by atoms with Crippen molar-refractivity contribution in [3.63, 3.8) is 0 Å². The molecule has 1 rings (SSSR count). The Hall–Kier alpha value is -0.0800. The topological polar surface area (TPSA) is 20.3 Å². The summed E-state index contributed by atoms with van der Waals surface area (Å²) in [7, 11) is 3.96. The number of rotatable bonds is 1. The lowest BCUT2D eigenvalue weighted by molar-refractivity contribution is -0.125. The van der Waals surface area contributed by atoms with Crippen LogP contribution in [0.15, 0.2) is 0 Å². The lowest BCUT2D eigenvalue weighted by Gasteiger charge is -2.26. The van der Waals surface area contributed by atoms with Crippen LogP contribution in [0.5, 0.6) is 0 Å². The van der Waals surface area contributed by atoms with Gasteiger partial charge in [0.1, 0.15) is 5.78 Å². The summed E-state index contributed by atoms with van der Waals surface area (Å²) >= 11 is 0. The first-order valence-electron chi connectivity index (χ1n) is 3.91. The van der Waals surface area contributed by atoms with Gasteiger partial charge in [-0.05, 0) is 26.9 Å². The van der Waals surface area contributed by atoms with Gasteiger partial charge in [-0.3, -0.25) is 9.69 Å². The van der Waals surface area contributed by atoms with Crippen LogP contribution in [0, 0.1) is 0 Å². The molecule has 0 heterocycles. The first kappa shape index (κ1) is 10.9. The Bertz CT molecular complexity index is 136. The van der Waals surface area contributed by atoms with Crippen LogP contribution in [0.2, 0.25) is 0 Å². The van der Waals surface area contributed by atoms with Crippen LogP contribution in [0.4, 0.5) is 0 Å². The van der Waals surface area contributed by atoms with E-state index in [1.807, 2.05) is 19.0 Å². The van der Waals surface area contributed by atoms with Crippen molar-refractivity contribution in [3.8, 4) is 0 Å². The molecule has 3 heteroatoms. The predicted molar refractivity (Wildman–Crippen MR) is 48.2 cm³/mol. The molecule has 1 atom stereocenters. The van der Waals surface area contributed by atoms with Crippen molar-refractivity contribution in [1.82, 2.24) is 4.90 Å². The van der Waals surface area contributed by atoms with Crippen LogP contribution in [0.25, 0.3) is 0 Å². The fraction of sp³-hybridized carbons (Fsp3) is 0.875. The number of hydrogen-bond acceptors (Lipinski definition) is 2. The molecule has 0 radical (unpaired) electrons. The van der Waals surface area contributed by atoms with Crippen LogP contribution in [0.1, 0.15) is 25.7 Å². The maximum absolute atomic E-state index is 11.2. The van der Waals surface area contributed by atoms with Gasteiger partial charge in [0, 0.05) is 6.42 Å². The molecule has 1 saturated carbocycles. The van der Waals surface area contributed by atoms with Crippen LogP contribution in [0.3, 0.4) is 0 Å². The Morgan fingerprint density at radius 2 is 2.00 bits per heavy atom. The molecule has 0 aromatic rings. The van der Waals surface area contributed by atoms with Crippen molar-refractivity contribution in [2.24, 2.45) is 0 Å². The minimum absolute atomic E-state index is 0. The van der Waals surface area contributed by atoms with Crippen molar-refractivity contribution in [2.45, 2.75) is 31.7 Å². The van der Waals surface area contributed by atoms with E-state index in [0.717, 1.165) is 19.3 Å². The summed E-state index contributed by atoms with van der Waals surface area (Å²) in [5, 5.41) is 0. The molecule has 1 unspecified atom stereocenters. The number of carbonyl (C=O) groups is 1. The van der Waals surface area contributed by atoms with Gasteiger partial charge in [0.25, 0.3) is 0 Å². The minimum atomic E-state index is 0. The second kappa shape index (κ2) is 4.73. The van der Waals surface area contributed by atoms with Crippen LogP contribution < -0.4 is 0 Å². The number of Topliss-reactive ketones (excluding diaryl/α,β-unsaturated/α-hetero) is 1. The SMILES string of the molecule is CN(C)C1CCCCC1=O.Cl. The molecule has 0 aliphatic heterocycles. The third-order valence-corrected chi connectivity index (χ3v) is 2.15. The van der Waals surface area contributed by atoms with Gasteiger partial charge in [-0.2, -0.15) is 0 Å². The van der Waals surface area contributed by atoms with E-state index in [4.69, 9.17) is 0 Å². The largest absolute Gasteiger partial charge is 0.300 e. The highest BCUT2D eigenvalue weighted by molar-refractivity contribution is 5.85. The fourth-order valence-electron chi connectivity index (χ4n) is 1.51. The highest BCUT2D eigenvalue weighted by Crippen LogP contribution is 2.17. The molecule has 2 nitrogen and oxygen atoms in total. The second-order valence-electron chi connectivity index (χ2n) is 3.19. The van der Waals surface area contributed by atoms with Gasteiger partial charge < -0.3 is 0 Å². The molecule has 0 N–H and O–H groups in total. The van der Waals surface area contributed by atoms with E-state index in [1.165, 1.54) is 6.42 Å². The molecule has 0 aromatic heterocycles. The summed E-state index contributed by atoms with van der Waals surface area (Å²) in [5.41, 5.74) is 0. The molecule has 1 aliphatic carbocycles. The fourth-order valence-corrected chi connectivity index (χ4v) is 1.51. The first-order chi connectivity index (χ1) is 4.72. The molecule has 11 heavy (non-hydrogen) atoms. The quantitative estimate of drug-likeness (QED) is 0.605. The van der Waals surface area contributed by atoms with E-state index in [1.54, 1.807) is 0 Å². The van der Waals surface area contributed by atoms with Gasteiger partial charge in [-0.1, -0.05) is 6.42 Å². The summed E-state index contributed by atoms with van der Waals surface area (Å²) in [4.78, 5) is 13.2. The molecule has 1 aliphatic rings. The number of hydrogen-bond donors (Lipinski definition) is 0. The zero-order valence-electron chi connectivity index (χ0n) is 7.17. The number of nitrogens with zero attached hydrogens (tertiary/aromatic N) is 1. The normalized spacial score (nSPS) is 25.0. The Morgan fingerprint density at radius 1 is 1.36 bits per heavy atom. The lowest BCUT2D eigenvalue weighted by Crippen LogP contribution is -2.37. The number of ketones is 1. The molecule has 0 saturated heterocycles. The highest BCUT2D eigenvalue weighted by atomic mass is 35.5. The summed E-state index contributed by atoms with van der Waals surface area (Å²) in [6.45, 7) is 0. The monoisotopic (exact) mass is 177 g/mol. The van der Waals surface area contributed by atoms with Gasteiger partial charge >= 0.3 is 0 Å². The van der Waals surface area contributed by atoms with Crippen molar-refractivity contribution >= 4 is 18.2 Å². The molecular formula is C8H16ClNO.